The first-order valence-corrected chi connectivity index (χ1v) is 6.95. The van der Waals surface area contributed by atoms with E-state index >= 15 is 0 Å². The van der Waals surface area contributed by atoms with E-state index in [1.165, 1.54) is 12.1 Å². The number of rotatable bonds is 3. The fraction of sp³-hybridized carbons (Fsp3) is 0.235. The summed E-state index contributed by atoms with van der Waals surface area (Å²) in [6.07, 6.45) is 1.73. The van der Waals surface area contributed by atoms with E-state index in [1.807, 2.05) is 13.0 Å². The summed E-state index contributed by atoms with van der Waals surface area (Å²) >= 11 is 0. The maximum Gasteiger partial charge on any atom is 0.252 e. The minimum absolute atomic E-state index is 0. The predicted octanol–water partition coefficient (Wildman–Crippen LogP) is 3.56. The summed E-state index contributed by atoms with van der Waals surface area (Å²) in [5, 5.41) is 3.05. The van der Waals surface area contributed by atoms with Gasteiger partial charge >= 0.3 is 0 Å². The van der Waals surface area contributed by atoms with Gasteiger partial charge in [-0.3, -0.25) is 4.79 Å². The number of benzene rings is 2. The minimum Gasteiger partial charge on any atom is -0.398 e. The molecule has 0 spiro atoms. The molecule has 1 aliphatic rings. The molecule has 22 heavy (non-hydrogen) atoms. The van der Waals surface area contributed by atoms with E-state index in [1.54, 1.807) is 24.3 Å². The van der Waals surface area contributed by atoms with E-state index in [-0.39, 0.29) is 29.7 Å². The number of hydrogen-bond acceptors (Lipinski definition) is 2. The van der Waals surface area contributed by atoms with Gasteiger partial charge in [0.05, 0.1) is 5.54 Å². The summed E-state index contributed by atoms with van der Waals surface area (Å²) < 4.78 is 13.0. The maximum absolute atomic E-state index is 13.0. The predicted molar refractivity (Wildman–Crippen MR) is 87.6 cm³/mol. The normalized spacial score (nSPS) is 14.8. The average Bonchev–Trinajstić information content (AvgIpc) is 3.23. The summed E-state index contributed by atoms with van der Waals surface area (Å²) in [4.78, 5) is 12.4. The largest absolute Gasteiger partial charge is 0.398 e. The van der Waals surface area contributed by atoms with Crippen molar-refractivity contribution in [1.82, 2.24) is 5.32 Å². The van der Waals surface area contributed by atoms with E-state index in [0.717, 1.165) is 24.0 Å². The van der Waals surface area contributed by atoms with E-state index in [4.69, 9.17) is 5.73 Å². The lowest BCUT2D eigenvalue weighted by atomic mass is 10.0. The summed E-state index contributed by atoms with van der Waals surface area (Å²) in [5.74, 6) is -0.421. The van der Waals surface area contributed by atoms with Crippen LogP contribution in [0.25, 0.3) is 0 Å². The molecular formula is C17H18ClFN2O. The van der Waals surface area contributed by atoms with E-state index < -0.39 is 0 Å². The van der Waals surface area contributed by atoms with Crippen LogP contribution < -0.4 is 11.1 Å². The second kappa shape index (κ2) is 5.97. The van der Waals surface area contributed by atoms with Crippen molar-refractivity contribution in [3.05, 3.63) is 65.0 Å². The number of nitrogen functional groups attached to an aromatic ring is 1. The molecule has 1 aliphatic carbocycles. The molecule has 0 saturated heterocycles. The molecule has 2 aromatic rings. The van der Waals surface area contributed by atoms with Gasteiger partial charge in [0.1, 0.15) is 5.82 Å². The highest BCUT2D eigenvalue weighted by Crippen LogP contribution is 2.45. The van der Waals surface area contributed by atoms with E-state index in [0.29, 0.717) is 11.3 Å². The lowest BCUT2D eigenvalue weighted by Crippen LogP contribution is -2.34. The molecule has 0 unspecified atom stereocenters. The maximum atomic E-state index is 13.0. The molecule has 116 valence electrons. The van der Waals surface area contributed by atoms with Crippen LogP contribution in [0.5, 0.6) is 0 Å². The van der Waals surface area contributed by atoms with Crippen molar-refractivity contribution in [2.24, 2.45) is 0 Å². The van der Waals surface area contributed by atoms with Gasteiger partial charge in [-0.05, 0) is 55.2 Å². The Balaban J connectivity index is 0.00000176. The average molecular weight is 321 g/mol. The Morgan fingerprint density at radius 2 is 1.82 bits per heavy atom. The first-order chi connectivity index (χ1) is 10.00. The zero-order chi connectivity index (χ0) is 15.0. The first kappa shape index (κ1) is 16.3. The van der Waals surface area contributed by atoms with Gasteiger partial charge in [-0.25, -0.2) is 4.39 Å². The van der Waals surface area contributed by atoms with Crippen molar-refractivity contribution in [3.63, 3.8) is 0 Å². The van der Waals surface area contributed by atoms with Crippen LogP contribution in [-0.4, -0.2) is 5.91 Å². The fourth-order valence-corrected chi connectivity index (χ4v) is 2.45. The Hall–Kier alpha value is -2.07. The van der Waals surface area contributed by atoms with Crippen LogP contribution in [0.4, 0.5) is 10.1 Å². The molecule has 0 atom stereocenters. The number of anilines is 1. The Bertz CT molecular complexity index is 696. The number of carbonyl (C=O) groups excluding carboxylic acids is 1. The molecule has 0 aromatic heterocycles. The number of nitrogens with one attached hydrogen (secondary N) is 1. The van der Waals surface area contributed by atoms with Crippen LogP contribution in [0.2, 0.25) is 0 Å². The van der Waals surface area contributed by atoms with E-state index in [2.05, 4.69) is 5.32 Å². The summed E-state index contributed by atoms with van der Waals surface area (Å²) in [5.41, 5.74) is 8.53. The van der Waals surface area contributed by atoms with Crippen molar-refractivity contribution >= 4 is 24.0 Å². The summed E-state index contributed by atoms with van der Waals surface area (Å²) in [6, 6.07) is 11.6. The van der Waals surface area contributed by atoms with Crippen LogP contribution in [0, 0.1) is 12.7 Å². The molecular weight excluding hydrogens is 303 g/mol. The SMILES string of the molecule is Cc1ccc(C(=O)NC2(c3ccc(F)cc3)CC2)cc1N.Cl. The van der Waals surface area contributed by atoms with Gasteiger partial charge in [0.25, 0.3) is 5.91 Å². The highest BCUT2D eigenvalue weighted by molar-refractivity contribution is 5.96. The third kappa shape index (κ3) is 3.07. The lowest BCUT2D eigenvalue weighted by Gasteiger charge is -2.18. The second-order valence-electron chi connectivity index (χ2n) is 5.61. The molecule has 2 aromatic carbocycles. The minimum atomic E-state index is -0.357. The molecule has 0 radical (unpaired) electrons. The van der Waals surface area contributed by atoms with Gasteiger partial charge in [-0.1, -0.05) is 18.2 Å². The van der Waals surface area contributed by atoms with Crippen LogP contribution in [-0.2, 0) is 5.54 Å². The molecule has 1 saturated carbocycles. The molecule has 0 bridgehead atoms. The van der Waals surface area contributed by atoms with Gasteiger partial charge in [0, 0.05) is 11.3 Å². The number of halogens is 2. The van der Waals surface area contributed by atoms with Crippen LogP contribution in [0.3, 0.4) is 0 Å². The number of aryl methyl sites for hydroxylation is 1. The van der Waals surface area contributed by atoms with Crippen LogP contribution in [0.15, 0.2) is 42.5 Å². The zero-order valence-corrected chi connectivity index (χ0v) is 13.0. The summed E-state index contributed by atoms with van der Waals surface area (Å²) in [7, 11) is 0. The molecule has 1 fully saturated rings. The summed E-state index contributed by atoms with van der Waals surface area (Å²) in [6.45, 7) is 1.90. The Morgan fingerprint density at radius 1 is 1.18 bits per heavy atom. The molecule has 0 aliphatic heterocycles. The van der Waals surface area contributed by atoms with Crippen LogP contribution >= 0.6 is 12.4 Å². The fourth-order valence-electron chi connectivity index (χ4n) is 2.45. The van der Waals surface area contributed by atoms with Gasteiger partial charge in [0.15, 0.2) is 0 Å². The lowest BCUT2D eigenvalue weighted by molar-refractivity contribution is 0.0931. The molecule has 3 N–H and O–H groups in total. The standard InChI is InChI=1S/C17H17FN2O.ClH/c1-11-2-3-12(10-15(11)19)16(21)20-17(8-9-17)13-4-6-14(18)7-5-13;/h2-7,10H,8-9,19H2,1H3,(H,20,21);1H. The Kier molecular flexibility index (Phi) is 4.42. The van der Waals surface area contributed by atoms with Crippen LogP contribution in [0.1, 0.15) is 34.3 Å². The van der Waals surface area contributed by atoms with Crippen molar-refractivity contribution < 1.29 is 9.18 Å². The van der Waals surface area contributed by atoms with Crippen molar-refractivity contribution in [1.29, 1.82) is 0 Å². The number of carbonyl (C=O) groups is 1. The van der Waals surface area contributed by atoms with Gasteiger partial charge in [0.2, 0.25) is 0 Å². The van der Waals surface area contributed by atoms with Gasteiger partial charge < -0.3 is 11.1 Å². The number of amides is 1. The first-order valence-electron chi connectivity index (χ1n) is 6.95. The number of nitrogens with two attached hydrogens (primary N) is 1. The second-order valence-corrected chi connectivity index (χ2v) is 5.61. The van der Waals surface area contributed by atoms with Crippen molar-refractivity contribution in [2.45, 2.75) is 25.3 Å². The van der Waals surface area contributed by atoms with Gasteiger partial charge in [-0.2, -0.15) is 0 Å². The monoisotopic (exact) mass is 320 g/mol. The quantitative estimate of drug-likeness (QED) is 0.850. The van der Waals surface area contributed by atoms with Gasteiger partial charge in [-0.15, -0.1) is 12.4 Å². The van der Waals surface area contributed by atoms with Crippen molar-refractivity contribution in [3.8, 4) is 0 Å². The highest BCUT2D eigenvalue weighted by Gasteiger charge is 2.45. The van der Waals surface area contributed by atoms with E-state index in [9.17, 15) is 9.18 Å². The molecule has 5 heteroatoms. The molecule has 3 rings (SSSR count). The smallest absolute Gasteiger partial charge is 0.252 e. The third-order valence-corrected chi connectivity index (χ3v) is 4.04. The zero-order valence-electron chi connectivity index (χ0n) is 12.2. The topological polar surface area (TPSA) is 55.1 Å². The molecule has 3 nitrogen and oxygen atoms in total. The van der Waals surface area contributed by atoms with Crippen molar-refractivity contribution in [2.75, 3.05) is 5.73 Å². The third-order valence-electron chi connectivity index (χ3n) is 4.04. The molecule has 1 amide bonds. The highest BCUT2D eigenvalue weighted by atomic mass is 35.5. The Labute approximate surface area is 135 Å². The molecule has 0 heterocycles. The number of hydrogen-bond donors (Lipinski definition) is 2. The Morgan fingerprint density at radius 3 is 2.36 bits per heavy atom.